The van der Waals surface area contributed by atoms with Gasteiger partial charge in [-0.05, 0) is 48.9 Å². The molecule has 6 heteroatoms. The Morgan fingerprint density at radius 3 is 2.70 bits per heavy atom. The van der Waals surface area contributed by atoms with Gasteiger partial charge in [0, 0.05) is 19.5 Å². The minimum atomic E-state index is -0.445. The molecule has 0 spiro atoms. The lowest BCUT2D eigenvalue weighted by Gasteiger charge is -2.45. The Morgan fingerprint density at radius 2 is 2.11 bits per heavy atom. The van der Waals surface area contributed by atoms with Crippen LogP contribution in [-0.4, -0.2) is 35.4 Å². The van der Waals surface area contributed by atoms with Crippen LogP contribution in [0.15, 0.2) is 18.2 Å². The van der Waals surface area contributed by atoms with Crippen LogP contribution in [-0.2, 0) is 10.2 Å². The van der Waals surface area contributed by atoms with Crippen molar-refractivity contribution in [1.29, 1.82) is 0 Å². The first kappa shape index (κ1) is 21.4. The molecule has 1 aliphatic heterocycles. The van der Waals surface area contributed by atoms with Crippen LogP contribution in [0.5, 0.6) is 0 Å². The summed E-state index contributed by atoms with van der Waals surface area (Å²) in [5.41, 5.74) is 1.25. The van der Waals surface area contributed by atoms with E-state index in [4.69, 9.17) is 0 Å². The molecule has 150 valence electrons. The van der Waals surface area contributed by atoms with Gasteiger partial charge < -0.3 is 10.2 Å². The maximum atomic E-state index is 11.5. The third kappa shape index (κ3) is 5.28. The largest absolute Gasteiger partial charge is 0.321 e. The molecular formula is C21H33N3O3. The number of likely N-dealkylation sites (tertiary alicyclic amines) is 1. The van der Waals surface area contributed by atoms with Crippen LogP contribution in [0.2, 0.25) is 0 Å². The predicted molar refractivity (Wildman–Crippen MR) is 109 cm³/mol. The van der Waals surface area contributed by atoms with Crippen LogP contribution in [0, 0.1) is 16.0 Å². The molecule has 2 unspecified atom stereocenters. The van der Waals surface area contributed by atoms with Gasteiger partial charge in [-0.3, -0.25) is 14.9 Å². The molecule has 1 N–H and O–H groups in total. The zero-order valence-electron chi connectivity index (χ0n) is 17.1. The number of rotatable bonds is 8. The number of carbonyl (C=O) groups is 1. The molecule has 1 saturated heterocycles. The summed E-state index contributed by atoms with van der Waals surface area (Å²) >= 11 is 0. The Hall–Kier alpha value is -1.95. The van der Waals surface area contributed by atoms with E-state index in [0.29, 0.717) is 11.6 Å². The smallest absolute Gasteiger partial charge is 0.292 e. The average molecular weight is 376 g/mol. The molecule has 2 rings (SSSR count). The van der Waals surface area contributed by atoms with E-state index in [1.54, 1.807) is 6.07 Å². The summed E-state index contributed by atoms with van der Waals surface area (Å²) in [7, 11) is 0. The van der Waals surface area contributed by atoms with Crippen molar-refractivity contribution in [3.05, 3.63) is 33.9 Å². The molecule has 0 radical (unpaired) electrons. The number of nitrogens with zero attached hydrogens (tertiary/aromatic N) is 2. The minimum Gasteiger partial charge on any atom is -0.321 e. The number of amides is 1. The molecule has 1 amide bonds. The molecule has 2 atom stereocenters. The highest BCUT2D eigenvalue weighted by Crippen LogP contribution is 2.41. The fourth-order valence-electron chi connectivity index (χ4n) is 4.05. The highest BCUT2D eigenvalue weighted by atomic mass is 16.6. The van der Waals surface area contributed by atoms with Crippen LogP contribution in [0.1, 0.15) is 65.4 Å². The third-order valence-electron chi connectivity index (χ3n) is 6.06. The van der Waals surface area contributed by atoms with E-state index >= 15 is 0 Å². The Kier molecular flexibility index (Phi) is 7.36. The second-order valence-corrected chi connectivity index (χ2v) is 8.10. The maximum absolute atomic E-state index is 11.5. The zero-order chi connectivity index (χ0) is 20.0. The van der Waals surface area contributed by atoms with Crippen molar-refractivity contribution < 1.29 is 9.72 Å². The number of unbranched alkanes of at least 4 members (excludes halogenated alkanes) is 3. The number of benzene rings is 1. The topological polar surface area (TPSA) is 75.5 Å². The molecule has 1 heterocycles. The van der Waals surface area contributed by atoms with Crippen molar-refractivity contribution in [2.75, 3.05) is 25.0 Å². The second kappa shape index (κ2) is 9.31. The van der Waals surface area contributed by atoms with Crippen molar-refractivity contribution >= 4 is 17.3 Å². The molecule has 0 aliphatic carbocycles. The summed E-state index contributed by atoms with van der Waals surface area (Å²) in [6, 6.07) is 5.18. The number of piperidine rings is 1. The van der Waals surface area contributed by atoms with Crippen molar-refractivity contribution in [2.24, 2.45) is 5.92 Å². The SMILES string of the molecule is CCCCCCN1CCC(C)(c2ccc([N+](=O)[O-])c(NC(C)=O)c2)C(C)C1. The standard InChI is InChI=1S/C21H33N3O3/c1-5-6-7-8-12-23-13-11-21(4,16(2)15-23)18-9-10-20(24(26)27)19(14-18)22-17(3)25/h9-10,14,16H,5-8,11-13,15H2,1-4H3,(H,22,25). The molecule has 0 aromatic heterocycles. The number of hydrogen-bond donors (Lipinski definition) is 1. The Labute approximate surface area is 162 Å². The van der Waals surface area contributed by atoms with Crippen molar-refractivity contribution in [3.63, 3.8) is 0 Å². The summed E-state index contributed by atoms with van der Waals surface area (Å²) < 4.78 is 0. The van der Waals surface area contributed by atoms with Gasteiger partial charge in [0.1, 0.15) is 5.69 Å². The number of carbonyl (C=O) groups excluding carboxylic acids is 1. The Balaban J connectivity index is 2.14. The second-order valence-electron chi connectivity index (χ2n) is 8.10. The van der Waals surface area contributed by atoms with Gasteiger partial charge in [0.25, 0.3) is 5.69 Å². The number of nitro groups is 1. The molecule has 0 bridgehead atoms. The third-order valence-corrected chi connectivity index (χ3v) is 6.06. The number of anilines is 1. The lowest BCUT2D eigenvalue weighted by Crippen LogP contribution is -2.47. The van der Waals surface area contributed by atoms with Gasteiger partial charge in [-0.2, -0.15) is 0 Å². The van der Waals surface area contributed by atoms with Gasteiger partial charge in [-0.15, -0.1) is 0 Å². The molecule has 27 heavy (non-hydrogen) atoms. The molecule has 1 aliphatic rings. The predicted octanol–water partition coefficient (Wildman–Crippen LogP) is 4.73. The van der Waals surface area contributed by atoms with Gasteiger partial charge in [-0.25, -0.2) is 0 Å². The minimum absolute atomic E-state index is 0.0533. The summed E-state index contributed by atoms with van der Waals surface area (Å²) in [6.07, 6.45) is 6.11. The molecule has 6 nitrogen and oxygen atoms in total. The number of hydrogen-bond acceptors (Lipinski definition) is 4. The van der Waals surface area contributed by atoms with Gasteiger partial charge in [0.2, 0.25) is 5.91 Å². The highest BCUT2D eigenvalue weighted by molar-refractivity contribution is 5.91. The van der Waals surface area contributed by atoms with Gasteiger partial charge in [0.05, 0.1) is 4.92 Å². The van der Waals surface area contributed by atoms with Crippen molar-refractivity contribution in [1.82, 2.24) is 4.90 Å². The lowest BCUT2D eigenvalue weighted by molar-refractivity contribution is -0.384. The van der Waals surface area contributed by atoms with Crippen molar-refractivity contribution in [2.45, 2.75) is 65.2 Å². The van der Waals surface area contributed by atoms with E-state index in [2.05, 4.69) is 31.0 Å². The van der Waals surface area contributed by atoms with E-state index in [9.17, 15) is 14.9 Å². The first-order valence-electron chi connectivity index (χ1n) is 10.1. The lowest BCUT2D eigenvalue weighted by atomic mass is 9.68. The fraction of sp³-hybridized carbons (Fsp3) is 0.667. The normalized spacial score (nSPS) is 23.2. The van der Waals surface area contributed by atoms with Crippen LogP contribution in [0.4, 0.5) is 11.4 Å². The Morgan fingerprint density at radius 1 is 1.37 bits per heavy atom. The molecule has 1 aromatic carbocycles. The van der Waals surface area contributed by atoms with E-state index in [1.807, 2.05) is 6.07 Å². The number of nitrogens with one attached hydrogen (secondary N) is 1. The van der Waals surface area contributed by atoms with Gasteiger partial charge in [-0.1, -0.05) is 46.1 Å². The number of nitro benzene ring substituents is 1. The summed E-state index contributed by atoms with van der Waals surface area (Å²) in [5.74, 6) is 0.138. The van der Waals surface area contributed by atoms with Crippen LogP contribution in [0.25, 0.3) is 0 Å². The highest BCUT2D eigenvalue weighted by Gasteiger charge is 2.38. The first-order chi connectivity index (χ1) is 12.8. The molecule has 1 fully saturated rings. The first-order valence-corrected chi connectivity index (χ1v) is 10.1. The summed E-state index contributed by atoms with van der Waals surface area (Å²) in [5, 5.41) is 13.9. The quantitative estimate of drug-likeness (QED) is 0.405. The van der Waals surface area contributed by atoms with Gasteiger partial charge >= 0.3 is 0 Å². The molecule has 1 aromatic rings. The van der Waals surface area contributed by atoms with Crippen LogP contribution in [0.3, 0.4) is 0 Å². The van der Waals surface area contributed by atoms with E-state index in [1.165, 1.54) is 38.7 Å². The summed E-state index contributed by atoms with van der Waals surface area (Å²) in [4.78, 5) is 24.8. The Bertz CT molecular complexity index is 677. The molecule has 0 saturated carbocycles. The van der Waals surface area contributed by atoms with Crippen LogP contribution >= 0.6 is 0 Å². The maximum Gasteiger partial charge on any atom is 0.292 e. The molecular weight excluding hydrogens is 342 g/mol. The van der Waals surface area contributed by atoms with E-state index in [-0.39, 0.29) is 17.0 Å². The summed E-state index contributed by atoms with van der Waals surface area (Å²) in [6.45, 7) is 11.3. The average Bonchev–Trinajstić information content (AvgIpc) is 2.61. The van der Waals surface area contributed by atoms with Crippen molar-refractivity contribution in [3.8, 4) is 0 Å². The van der Waals surface area contributed by atoms with E-state index in [0.717, 1.165) is 31.6 Å². The fourth-order valence-corrected chi connectivity index (χ4v) is 4.05. The van der Waals surface area contributed by atoms with Gasteiger partial charge in [0.15, 0.2) is 0 Å². The zero-order valence-corrected chi connectivity index (χ0v) is 17.1. The van der Waals surface area contributed by atoms with Crippen LogP contribution < -0.4 is 5.32 Å². The monoisotopic (exact) mass is 375 g/mol. The van der Waals surface area contributed by atoms with E-state index < -0.39 is 4.92 Å².